The number of amides is 1. The van der Waals surface area contributed by atoms with Gasteiger partial charge in [-0.05, 0) is 18.9 Å². The van der Waals surface area contributed by atoms with Crippen LogP contribution in [-0.2, 0) is 0 Å². The molecule has 2 heterocycles. The molecule has 3 rings (SSSR count). The van der Waals surface area contributed by atoms with Crippen LogP contribution in [0.1, 0.15) is 23.2 Å². The Bertz CT molecular complexity index is 556. The van der Waals surface area contributed by atoms with E-state index in [2.05, 4.69) is 15.3 Å². The topological polar surface area (TPSA) is 83.8 Å². The highest BCUT2D eigenvalue weighted by Crippen LogP contribution is 2.31. The summed E-state index contributed by atoms with van der Waals surface area (Å²) in [5.74, 6) is -0.446. The second-order valence-electron chi connectivity index (χ2n) is 4.07. The minimum Gasteiger partial charge on any atom is -0.381 e. The van der Waals surface area contributed by atoms with Crippen LogP contribution in [0.25, 0.3) is 11.0 Å². The van der Waals surface area contributed by atoms with Crippen molar-refractivity contribution < 1.29 is 4.79 Å². The van der Waals surface area contributed by atoms with Crippen molar-refractivity contribution in [2.24, 2.45) is 5.73 Å². The van der Waals surface area contributed by atoms with Gasteiger partial charge >= 0.3 is 0 Å². The zero-order valence-corrected chi connectivity index (χ0v) is 8.66. The van der Waals surface area contributed by atoms with Crippen LogP contribution in [0.4, 0.5) is 5.69 Å². The maximum Gasteiger partial charge on any atom is 0.252 e. The normalized spacial score (nSPS) is 15.2. The average Bonchev–Trinajstić information content (AvgIpc) is 2.94. The summed E-state index contributed by atoms with van der Waals surface area (Å²) < 4.78 is 0. The first-order valence-corrected chi connectivity index (χ1v) is 5.28. The highest BCUT2D eigenvalue weighted by atomic mass is 16.1. The van der Waals surface area contributed by atoms with Gasteiger partial charge in [0.2, 0.25) is 0 Å². The first-order valence-electron chi connectivity index (χ1n) is 5.28. The maximum absolute atomic E-state index is 11.3. The van der Waals surface area contributed by atoms with Gasteiger partial charge in [-0.15, -0.1) is 0 Å². The summed E-state index contributed by atoms with van der Waals surface area (Å²) >= 11 is 0. The summed E-state index contributed by atoms with van der Waals surface area (Å²) in [4.78, 5) is 18.5. The highest BCUT2D eigenvalue weighted by molar-refractivity contribution is 6.06. The lowest BCUT2D eigenvalue weighted by Crippen LogP contribution is -2.15. The Labute approximate surface area is 92.0 Å². The molecule has 1 saturated carbocycles. The predicted molar refractivity (Wildman–Crippen MR) is 61.3 cm³/mol. The van der Waals surface area contributed by atoms with Crippen LogP contribution >= 0.6 is 0 Å². The van der Waals surface area contributed by atoms with Crippen molar-refractivity contribution >= 4 is 22.6 Å². The standard InChI is InChI=1S/C11H12N4O/c12-10(16)8-5-14-11-7(3-4-13-11)9(8)15-6-1-2-6/h3-6H,1-2H2,(H2,12,16)(H2,13,14,15). The molecule has 4 N–H and O–H groups in total. The number of nitrogens with two attached hydrogens (primary N) is 1. The number of hydrogen-bond acceptors (Lipinski definition) is 3. The Hall–Kier alpha value is -2.04. The number of anilines is 1. The van der Waals surface area contributed by atoms with Crippen LogP contribution in [0, 0.1) is 0 Å². The highest BCUT2D eigenvalue weighted by Gasteiger charge is 2.24. The van der Waals surface area contributed by atoms with E-state index in [1.165, 1.54) is 6.20 Å². The monoisotopic (exact) mass is 216 g/mol. The third-order valence-electron chi connectivity index (χ3n) is 2.78. The quantitative estimate of drug-likeness (QED) is 0.721. The molecular weight excluding hydrogens is 204 g/mol. The second-order valence-corrected chi connectivity index (χ2v) is 4.07. The summed E-state index contributed by atoms with van der Waals surface area (Å²) in [6.07, 6.45) is 5.62. The lowest BCUT2D eigenvalue weighted by molar-refractivity contribution is 0.100. The molecule has 0 spiro atoms. The van der Waals surface area contributed by atoms with E-state index in [4.69, 9.17) is 5.73 Å². The number of carbonyl (C=O) groups excluding carboxylic acids is 1. The second kappa shape index (κ2) is 3.23. The molecule has 0 bridgehead atoms. The van der Waals surface area contributed by atoms with Gasteiger partial charge in [-0.3, -0.25) is 4.79 Å². The van der Waals surface area contributed by atoms with Gasteiger partial charge in [0.25, 0.3) is 5.91 Å². The van der Waals surface area contributed by atoms with E-state index in [0.29, 0.717) is 11.6 Å². The number of rotatable bonds is 3. The summed E-state index contributed by atoms with van der Waals surface area (Å²) in [5.41, 5.74) is 7.38. The van der Waals surface area contributed by atoms with E-state index in [1.807, 2.05) is 6.07 Å². The number of aromatic nitrogens is 2. The smallest absolute Gasteiger partial charge is 0.252 e. The number of carbonyl (C=O) groups is 1. The van der Waals surface area contributed by atoms with Crippen molar-refractivity contribution in [2.45, 2.75) is 18.9 Å². The van der Waals surface area contributed by atoms with Gasteiger partial charge in [0.05, 0.1) is 11.3 Å². The summed E-state index contributed by atoms with van der Waals surface area (Å²) in [7, 11) is 0. The number of hydrogen-bond donors (Lipinski definition) is 3. The Morgan fingerprint density at radius 2 is 2.38 bits per heavy atom. The van der Waals surface area contributed by atoms with Crippen LogP contribution < -0.4 is 11.1 Å². The predicted octanol–water partition coefficient (Wildman–Crippen LogP) is 1.24. The lowest BCUT2D eigenvalue weighted by atomic mass is 10.1. The van der Waals surface area contributed by atoms with E-state index in [-0.39, 0.29) is 0 Å². The minimum absolute atomic E-state index is 0.446. The number of nitrogens with one attached hydrogen (secondary N) is 2. The van der Waals surface area contributed by atoms with Gasteiger partial charge in [-0.25, -0.2) is 4.98 Å². The van der Waals surface area contributed by atoms with Gasteiger partial charge in [0, 0.05) is 23.8 Å². The zero-order chi connectivity index (χ0) is 11.1. The molecule has 0 aromatic carbocycles. The Balaban J connectivity index is 2.18. The number of fused-ring (bicyclic) bond motifs is 1. The Morgan fingerprint density at radius 1 is 1.56 bits per heavy atom. The minimum atomic E-state index is -0.446. The first kappa shape index (κ1) is 9.21. The molecule has 5 nitrogen and oxygen atoms in total. The number of aromatic amines is 1. The van der Waals surface area contributed by atoms with Crippen LogP contribution in [0.3, 0.4) is 0 Å². The Kier molecular flexibility index (Phi) is 1.86. The summed E-state index contributed by atoms with van der Waals surface area (Å²) in [6, 6.07) is 2.37. The molecule has 1 aliphatic rings. The van der Waals surface area contributed by atoms with Gasteiger partial charge in [-0.2, -0.15) is 0 Å². The fraction of sp³-hybridized carbons (Fsp3) is 0.273. The van der Waals surface area contributed by atoms with E-state index in [0.717, 1.165) is 29.6 Å². The van der Waals surface area contributed by atoms with E-state index in [1.54, 1.807) is 6.20 Å². The third-order valence-corrected chi connectivity index (χ3v) is 2.78. The summed E-state index contributed by atoms with van der Waals surface area (Å²) in [5, 5.41) is 4.25. The maximum atomic E-state index is 11.3. The average molecular weight is 216 g/mol. The molecule has 0 radical (unpaired) electrons. The lowest BCUT2D eigenvalue weighted by Gasteiger charge is -2.09. The summed E-state index contributed by atoms with van der Waals surface area (Å²) in [6.45, 7) is 0. The SMILES string of the molecule is NC(=O)c1cnc2[nH]ccc2c1NC1CC1. The van der Waals surface area contributed by atoms with Crippen LogP contribution in [0.5, 0.6) is 0 Å². The van der Waals surface area contributed by atoms with Crippen LogP contribution in [0.15, 0.2) is 18.5 Å². The molecule has 0 aliphatic heterocycles. The first-order chi connectivity index (χ1) is 7.75. The molecule has 82 valence electrons. The van der Waals surface area contributed by atoms with Crippen molar-refractivity contribution in [1.82, 2.24) is 9.97 Å². The molecule has 0 unspecified atom stereocenters. The molecule has 1 amide bonds. The van der Waals surface area contributed by atoms with Crippen LogP contribution in [-0.4, -0.2) is 21.9 Å². The molecule has 1 fully saturated rings. The van der Waals surface area contributed by atoms with Crippen molar-refractivity contribution in [2.75, 3.05) is 5.32 Å². The molecule has 0 atom stereocenters. The van der Waals surface area contributed by atoms with E-state index < -0.39 is 5.91 Å². The fourth-order valence-electron chi connectivity index (χ4n) is 1.78. The van der Waals surface area contributed by atoms with Crippen molar-refractivity contribution in [3.05, 3.63) is 24.0 Å². The van der Waals surface area contributed by atoms with Gasteiger partial charge in [0.15, 0.2) is 0 Å². The van der Waals surface area contributed by atoms with Crippen LogP contribution in [0.2, 0.25) is 0 Å². The van der Waals surface area contributed by atoms with E-state index >= 15 is 0 Å². The Morgan fingerprint density at radius 3 is 3.06 bits per heavy atom. The molecule has 0 saturated heterocycles. The third kappa shape index (κ3) is 1.41. The molecular formula is C11H12N4O. The molecule has 2 aromatic rings. The number of primary amides is 1. The fourth-order valence-corrected chi connectivity index (χ4v) is 1.78. The van der Waals surface area contributed by atoms with Gasteiger partial charge < -0.3 is 16.0 Å². The number of nitrogens with zero attached hydrogens (tertiary/aromatic N) is 1. The van der Waals surface area contributed by atoms with E-state index in [9.17, 15) is 4.79 Å². The molecule has 5 heteroatoms. The van der Waals surface area contributed by atoms with Crippen molar-refractivity contribution in [1.29, 1.82) is 0 Å². The molecule has 2 aromatic heterocycles. The zero-order valence-electron chi connectivity index (χ0n) is 8.66. The molecule has 16 heavy (non-hydrogen) atoms. The van der Waals surface area contributed by atoms with Crippen molar-refractivity contribution in [3.8, 4) is 0 Å². The largest absolute Gasteiger partial charge is 0.381 e. The van der Waals surface area contributed by atoms with Gasteiger partial charge in [0.1, 0.15) is 5.65 Å². The number of H-pyrrole nitrogens is 1. The van der Waals surface area contributed by atoms with Crippen molar-refractivity contribution in [3.63, 3.8) is 0 Å². The molecule has 1 aliphatic carbocycles. The van der Waals surface area contributed by atoms with Gasteiger partial charge in [-0.1, -0.05) is 0 Å². The number of pyridine rings is 1.